The van der Waals surface area contributed by atoms with Crippen molar-refractivity contribution in [3.8, 4) is 0 Å². The molecule has 1 amide bonds. The van der Waals surface area contributed by atoms with E-state index < -0.39 is 5.41 Å². The highest BCUT2D eigenvalue weighted by Crippen LogP contribution is 2.29. The number of carbonyl (C=O) groups excluding carboxylic acids is 1. The van der Waals surface area contributed by atoms with Crippen LogP contribution in [0, 0.1) is 0 Å². The van der Waals surface area contributed by atoms with Crippen molar-refractivity contribution < 1.29 is 4.79 Å². The van der Waals surface area contributed by atoms with Gasteiger partial charge in [-0.1, -0.05) is 28.1 Å². The standard InChI is InChI=1S/C14H19BrN2O/c1-14(2,10-4-3-5-11(15)8-10)13(18)17-7-6-12(16)9-17/h3-5,8,12H,6-7,9,16H2,1-2H3/t12-/m1/s1. The van der Waals surface area contributed by atoms with Gasteiger partial charge in [-0.3, -0.25) is 4.79 Å². The predicted octanol–water partition coefficient (Wildman–Crippen LogP) is 2.29. The molecule has 0 radical (unpaired) electrons. The van der Waals surface area contributed by atoms with E-state index in [1.807, 2.05) is 43.0 Å². The molecule has 1 aromatic carbocycles. The van der Waals surface area contributed by atoms with Gasteiger partial charge in [-0.05, 0) is 38.0 Å². The Kier molecular flexibility index (Phi) is 3.78. The van der Waals surface area contributed by atoms with E-state index in [0.717, 1.165) is 23.0 Å². The molecule has 1 atom stereocenters. The van der Waals surface area contributed by atoms with Crippen LogP contribution in [0.1, 0.15) is 25.8 Å². The SMILES string of the molecule is CC(C)(C(=O)N1CC[C@@H](N)C1)c1cccc(Br)c1. The van der Waals surface area contributed by atoms with Crippen LogP contribution in [0.4, 0.5) is 0 Å². The van der Waals surface area contributed by atoms with Crippen LogP contribution in [0.5, 0.6) is 0 Å². The Labute approximate surface area is 116 Å². The van der Waals surface area contributed by atoms with E-state index in [-0.39, 0.29) is 11.9 Å². The minimum Gasteiger partial charge on any atom is -0.340 e. The zero-order valence-corrected chi connectivity index (χ0v) is 12.4. The Bertz CT molecular complexity index is 459. The average Bonchev–Trinajstić information content (AvgIpc) is 2.74. The van der Waals surface area contributed by atoms with Gasteiger partial charge >= 0.3 is 0 Å². The fraction of sp³-hybridized carbons (Fsp3) is 0.500. The first-order valence-electron chi connectivity index (χ1n) is 6.22. The molecule has 0 aromatic heterocycles. The monoisotopic (exact) mass is 310 g/mol. The summed E-state index contributed by atoms with van der Waals surface area (Å²) in [5.41, 5.74) is 6.39. The second-order valence-electron chi connectivity index (χ2n) is 5.44. The van der Waals surface area contributed by atoms with Crippen molar-refractivity contribution in [1.82, 2.24) is 4.90 Å². The molecule has 18 heavy (non-hydrogen) atoms. The molecule has 4 heteroatoms. The first-order chi connectivity index (χ1) is 8.41. The van der Waals surface area contributed by atoms with Crippen molar-refractivity contribution in [1.29, 1.82) is 0 Å². The molecule has 1 aliphatic heterocycles. The summed E-state index contributed by atoms with van der Waals surface area (Å²) < 4.78 is 0.999. The second kappa shape index (κ2) is 5.02. The van der Waals surface area contributed by atoms with Gasteiger partial charge in [0.1, 0.15) is 0 Å². The lowest BCUT2D eigenvalue weighted by molar-refractivity contribution is -0.135. The molecule has 0 spiro atoms. The zero-order valence-electron chi connectivity index (χ0n) is 10.8. The number of nitrogens with zero attached hydrogens (tertiary/aromatic N) is 1. The Morgan fingerprint density at radius 3 is 2.78 bits per heavy atom. The highest BCUT2D eigenvalue weighted by molar-refractivity contribution is 9.10. The maximum atomic E-state index is 12.6. The molecule has 1 saturated heterocycles. The van der Waals surface area contributed by atoms with Gasteiger partial charge in [-0.2, -0.15) is 0 Å². The van der Waals surface area contributed by atoms with Crippen LogP contribution in [0.3, 0.4) is 0 Å². The Balaban J connectivity index is 2.22. The zero-order chi connectivity index (χ0) is 13.3. The Morgan fingerprint density at radius 1 is 1.50 bits per heavy atom. The molecule has 1 heterocycles. The van der Waals surface area contributed by atoms with Crippen molar-refractivity contribution in [2.75, 3.05) is 13.1 Å². The van der Waals surface area contributed by atoms with Crippen molar-refractivity contribution in [3.63, 3.8) is 0 Å². The molecular weight excluding hydrogens is 292 g/mol. The Morgan fingerprint density at radius 2 is 2.22 bits per heavy atom. The first-order valence-corrected chi connectivity index (χ1v) is 7.01. The lowest BCUT2D eigenvalue weighted by atomic mass is 9.83. The van der Waals surface area contributed by atoms with Gasteiger partial charge in [0.15, 0.2) is 0 Å². The number of hydrogen-bond acceptors (Lipinski definition) is 2. The van der Waals surface area contributed by atoms with Gasteiger partial charge in [-0.25, -0.2) is 0 Å². The summed E-state index contributed by atoms with van der Waals surface area (Å²) in [6, 6.07) is 8.07. The highest BCUT2D eigenvalue weighted by atomic mass is 79.9. The van der Waals surface area contributed by atoms with E-state index in [2.05, 4.69) is 15.9 Å². The smallest absolute Gasteiger partial charge is 0.232 e. The van der Waals surface area contributed by atoms with Crippen molar-refractivity contribution in [2.24, 2.45) is 5.73 Å². The minimum atomic E-state index is -0.506. The second-order valence-corrected chi connectivity index (χ2v) is 6.35. The number of rotatable bonds is 2. The number of hydrogen-bond donors (Lipinski definition) is 1. The lowest BCUT2D eigenvalue weighted by Gasteiger charge is -2.29. The predicted molar refractivity (Wildman–Crippen MR) is 76.3 cm³/mol. The third-order valence-corrected chi connectivity index (χ3v) is 4.09. The Hall–Kier alpha value is -0.870. The van der Waals surface area contributed by atoms with Crippen LogP contribution in [-0.4, -0.2) is 29.9 Å². The van der Waals surface area contributed by atoms with E-state index in [1.54, 1.807) is 0 Å². The van der Waals surface area contributed by atoms with Crippen LogP contribution in [0.15, 0.2) is 28.7 Å². The largest absolute Gasteiger partial charge is 0.340 e. The number of likely N-dealkylation sites (tertiary alicyclic amines) is 1. The number of halogens is 1. The van der Waals surface area contributed by atoms with E-state index in [9.17, 15) is 4.79 Å². The fourth-order valence-corrected chi connectivity index (χ4v) is 2.77. The van der Waals surface area contributed by atoms with Gasteiger partial charge in [0.25, 0.3) is 0 Å². The summed E-state index contributed by atoms with van der Waals surface area (Å²) in [6.07, 6.45) is 0.903. The number of amides is 1. The topological polar surface area (TPSA) is 46.3 Å². The van der Waals surface area contributed by atoms with E-state index in [1.165, 1.54) is 0 Å². The molecule has 1 aromatic rings. The third-order valence-electron chi connectivity index (χ3n) is 3.59. The fourth-order valence-electron chi connectivity index (χ4n) is 2.37. The lowest BCUT2D eigenvalue weighted by Crippen LogP contribution is -2.43. The van der Waals surface area contributed by atoms with Gasteiger partial charge in [0.2, 0.25) is 5.91 Å². The van der Waals surface area contributed by atoms with Gasteiger partial charge in [-0.15, -0.1) is 0 Å². The number of nitrogens with two attached hydrogens (primary N) is 1. The summed E-state index contributed by atoms with van der Waals surface area (Å²) in [5.74, 6) is 0.161. The molecule has 2 rings (SSSR count). The molecule has 0 unspecified atom stereocenters. The van der Waals surface area contributed by atoms with Gasteiger partial charge < -0.3 is 10.6 Å². The molecule has 0 bridgehead atoms. The molecule has 1 fully saturated rings. The summed E-state index contributed by atoms with van der Waals surface area (Å²) >= 11 is 3.45. The quantitative estimate of drug-likeness (QED) is 0.911. The minimum absolute atomic E-state index is 0.132. The summed E-state index contributed by atoms with van der Waals surface area (Å²) in [7, 11) is 0. The molecular formula is C14H19BrN2O. The van der Waals surface area contributed by atoms with Crippen molar-refractivity contribution >= 4 is 21.8 Å². The van der Waals surface area contributed by atoms with E-state index in [0.29, 0.717) is 6.54 Å². The van der Waals surface area contributed by atoms with E-state index >= 15 is 0 Å². The molecule has 3 nitrogen and oxygen atoms in total. The third kappa shape index (κ3) is 2.59. The van der Waals surface area contributed by atoms with E-state index in [4.69, 9.17) is 5.73 Å². The summed E-state index contributed by atoms with van der Waals surface area (Å²) in [4.78, 5) is 14.5. The molecule has 0 aliphatic carbocycles. The average molecular weight is 311 g/mol. The maximum absolute atomic E-state index is 12.6. The maximum Gasteiger partial charge on any atom is 0.232 e. The highest BCUT2D eigenvalue weighted by Gasteiger charge is 2.36. The van der Waals surface area contributed by atoms with Crippen molar-refractivity contribution in [2.45, 2.75) is 31.7 Å². The van der Waals surface area contributed by atoms with Crippen LogP contribution in [-0.2, 0) is 10.2 Å². The normalized spacial score (nSPS) is 20.2. The van der Waals surface area contributed by atoms with Crippen LogP contribution < -0.4 is 5.73 Å². The van der Waals surface area contributed by atoms with Gasteiger partial charge in [0.05, 0.1) is 5.41 Å². The first kappa shape index (κ1) is 13.6. The van der Waals surface area contributed by atoms with Crippen molar-refractivity contribution in [3.05, 3.63) is 34.3 Å². The molecule has 98 valence electrons. The van der Waals surface area contributed by atoms with Crippen LogP contribution in [0.2, 0.25) is 0 Å². The summed E-state index contributed by atoms with van der Waals surface area (Å²) in [6.45, 7) is 5.40. The number of benzene rings is 1. The van der Waals surface area contributed by atoms with Gasteiger partial charge in [0, 0.05) is 23.6 Å². The molecule has 1 aliphatic rings. The number of carbonyl (C=O) groups is 1. The van der Waals surface area contributed by atoms with Crippen LogP contribution in [0.25, 0.3) is 0 Å². The molecule has 2 N–H and O–H groups in total. The van der Waals surface area contributed by atoms with Crippen LogP contribution >= 0.6 is 15.9 Å². The summed E-state index contributed by atoms with van der Waals surface area (Å²) in [5, 5.41) is 0. The molecule has 0 saturated carbocycles.